The molecule has 0 N–H and O–H groups in total. The molecule has 10 rings (SSSR count). The van der Waals surface area contributed by atoms with Gasteiger partial charge in [0.05, 0.1) is 6.04 Å². The molecule has 0 aromatic heterocycles. The van der Waals surface area contributed by atoms with Gasteiger partial charge in [-0.3, -0.25) is 4.99 Å². The van der Waals surface area contributed by atoms with Crippen molar-refractivity contribution in [3.05, 3.63) is 194 Å². The standard InChI is InChI=1S/C50H46N2/c1-32-10-9-16-44-48(32)50(40-21-19-34-12-4-6-14-36(34)27-40)45-29-37(22-24-43(45)49(44)39-20-18-33-11-3-5-13-35(33)26-39)41-23-25-47(52(2)31-41)42-28-38-15-7-8-17-46(38)51-30-42/h3-4,6-12,14-20,22-30,32,38,40,43,46,48-49H,5,13,21,31H2,1-2H3. The first-order valence-corrected chi connectivity index (χ1v) is 19.4. The van der Waals surface area contributed by atoms with Crippen molar-refractivity contribution < 1.29 is 0 Å². The van der Waals surface area contributed by atoms with Gasteiger partial charge in [-0.25, -0.2) is 0 Å². The molecule has 256 valence electrons. The molecule has 2 nitrogen and oxygen atoms in total. The lowest BCUT2D eigenvalue weighted by molar-refractivity contribution is 0.422. The highest BCUT2D eigenvalue weighted by molar-refractivity contribution is 5.86. The first-order valence-electron chi connectivity index (χ1n) is 19.4. The molecule has 0 bridgehead atoms. The van der Waals surface area contributed by atoms with Crippen LogP contribution in [0.4, 0.5) is 0 Å². The van der Waals surface area contributed by atoms with E-state index in [0.717, 1.165) is 25.8 Å². The van der Waals surface area contributed by atoms with Crippen LogP contribution < -0.4 is 10.4 Å². The third-order valence-electron chi connectivity index (χ3n) is 12.7. The number of aryl methyl sites for hydroxylation is 1. The molecule has 0 radical (unpaired) electrons. The second kappa shape index (κ2) is 12.8. The molecule has 7 unspecified atom stereocenters. The van der Waals surface area contributed by atoms with E-state index < -0.39 is 0 Å². The Labute approximate surface area is 308 Å². The SMILES string of the molecule is CC1C=CC=C2C1C(C1C=c3ccccc3=CC1)=C1C=C(C3=CC=C(C4=CC5C=CC=CC5N=C4)N(C)C3)C=CC1C2c1ccc2c(c1)CCC=C2. The van der Waals surface area contributed by atoms with Crippen LogP contribution in [0.5, 0.6) is 0 Å². The fourth-order valence-electron chi connectivity index (χ4n) is 10.2. The smallest absolute Gasteiger partial charge is 0.0780 e. The summed E-state index contributed by atoms with van der Waals surface area (Å²) < 4.78 is 0. The summed E-state index contributed by atoms with van der Waals surface area (Å²) in [5.74, 6) is 2.13. The molecule has 2 aliphatic heterocycles. The van der Waals surface area contributed by atoms with Crippen molar-refractivity contribution in [3.8, 4) is 0 Å². The normalized spacial score (nSPS) is 30.7. The van der Waals surface area contributed by atoms with Gasteiger partial charge in [-0.2, -0.15) is 0 Å². The maximum atomic E-state index is 4.89. The minimum atomic E-state index is 0.227. The van der Waals surface area contributed by atoms with Crippen molar-refractivity contribution in [1.82, 2.24) is 4.90 Å². The number of fused-ring (bicyclic) bond motifs is 5. The third-order valence-corrected chi connectivity index (χ3v) is 12.7. The van der Waals surface area contributed by atoms with Crippen molar-refractivity contribution >= 4 is 24.4 Å². The van der Waals surface area contributed by atoms with Gasteiger partial charge in [-0.1, -0.05) is 158 Å². The fourth-order valence-corrected chi connectivity index (χ4v) is 10.2. The van der Waals surface area contributed by atoms with Gasteiger partial charge in [0.25, 0.3) is 0 Å². The van der Waals surface area contributed by atoms with Crippen LogP contribution >= 0.6 is 0 Å². The minimum Gasteiger partial charge on any atom is -0.370 e. The summed E-state index contributed by atoms with van der Waals surface area (Å²) in [6.07, 6.45) is 45.8. The Hall–Kier alpha value is -5.21. The summed E-state index contributed by atoms with van der Waals surface area (Å²) >= 11 is 0. The number of likely N-dealkylation sites (N-methyl/N-ethyl adjacent to an activating group) is 1. The summed E-state index contributed by atoms with van der Waals surface area (Å²) in [6.45, 7) is 3.32. The monoisotopic (exact) mass is 674 g/mol. The first-order chi connectivity index (χ1) is 25.6. The number of allylic oxidation sites excluding steroid dienone is 15. The molecule has 2 heteroatoms. The quantitative estimate of drug-likeness (QED) is 0.316. The summed E-state index contributed by atoms with van der Waals surface area (Å²) in [6, 6.07) is 16.5. The zero-order chi connectivity index (χ0) is 34.8. The lowest BCUT2D eigenvalue weighted by atomic mass is 9.57. The van der Waals surface area contributed by atoms with Gasteiger partial charge < -0.3 is 4.90 Å². The number of rotatable bonds is 4. The Kier molecular flexibility index (Phi) is 7.75. The van der Waals surface area contributed by atoms with E-state index >= 15 is 0 Å². The maximum absolute atomic E-state index is 4.89. The van der Waals surface area contributed by atoms with Gasteiger partial charge in [0, 0.05) is 60.7 Å². The van der Waals surface area contributed by atoms with E-state index in [1.54, 1.807) is 16.7 Å². The third kappa shape index (κ3) is 5.34. The molecular formula is C50H46N2. The van der Waals surface area contributed by atoms with Crippen molar-refractivity contribution in [2.24, 2.45) is 34.6 Å². The Bertz CT molecular complexity index is 2370. The molecular weight excluding hydrogens is 629 g/mol. The van der Waals surface area contributed by atoms with Crippen molar-refractivity contribution in [3.63, 3.8) is 0 Å². The summed E-state index contributed by atoms with van der Waals surface area (Å²) in [5.41, 5.74) is 14.3. The van der Waals surface area contributed by atoms with E-state index in [0.29, 0.717) is 35.5 Å². The molecule has 0 saturated heterocycles. The van der Waals surface area contributed by atoms with Gasteiger partial charge in [0.2, 0.25) is 0 Å². The zero-order valence-corrected chi connectivity index (χ0v) is 30.2. The zero-order valence-electron chi connectivity index (χ0n) is 30.2. The number of hydrogen-bond acceptors (Lipinski definition) is 2. The van der Waals surface area contributed by atoms with Crippen LogP contribution in [0.3, 0.4) is 0 Å². The van der Waals surface area contributed by atoms with Crippen LogP contribution in [-0.2, 0) is 6.42 Å². The number of hydrogen-bond donors (Lipinski definition) is 0. The number of aliphatic imine (C=N–C) groups is 1. The average Bonchev–Trinajstić information content (AvgIpc) is 3.19. The number of nitrogens with zero attached hydrogens (tertiary/aromatic N) is 2. The molecule has 0 spiro atoms. The second-order valence-electron chi connectivity index (χ2n) is 15.8. The lowest BCUT2D eigenvalue weighted by Gasteiger charge is -2.47. The van der Waals surface area contributed by atoms with E-state index in [4.69, 9.17) is 4.99 Å². The van der Waals surface area contributed by atoms with E-state index in [1.807, 2.05) is 0 Å². The van der Waals surface area contributed by atoms with Gasteiger partial charge >= 0.3 is 0 Å². The maximum Gasteiger partial charge on any atom is 0.0780 e. The van der Waals surface area contributed by atoms with Gasteiger partial charge in [0.1, 0.15) is 0 Å². The highest BCUT2D eigenvalue weighted by Gasteiger charge is 2.44. The molecule has 0 fully saturated rings. The Morgan fingerprint density at radius 2 is 1.73 bits per heavy atom. The van der Waals surface area contributed by atoms with Crippen molar-refractivity contribution in [2.75, 3.05) is 13.6 Å². The average molecular weight is 675 g/mol. The molecule has 0 saturated carbocycles. The second-order valence-corrected chi connectivity index (χ2v) is 15.8. The van der Waals surface area contributed by atoms with Crippen LogP contribution in [0, 0.1) is 29.6 Å². The van der Waals surface area contributed by atoms with Crippen molar-refractivity contribution in [2.45, 2.75) is 38.1 Å². The van der Waals surface area contributed by atoms with Crippen LogP contribution in [0.25, 0.3) is 18.2 Å². The Balaban J connectivity index is 1.10. The molecule has 52 heavy (non-hydrogen) atoms. The first kappa shape index (κ1) is 31.5. The minimum absolute atomic E-state index is 0.227. The topological polar surface area (TPSA) is 15.6 Å². The van der Waals surface area contributed by atoms with Crippen LogP contribution in [0.1, 0.15) is 42.4 Å². The van der Waals surface area contributed by atoms with Crippen LogP contribution in [-0.4, -0.2) is 30.7 Å². The fraction of sp³-hybridized carbons (Fsp3) is 0.260. The van der Waals surface area contributed by atoms with Crippen molar-refractivity contribution in [1.29, 1.82) is 0 Å². The van der Waals surface area contributed by atoms with Gasteiger partial charge in [-0.15, -0.1) is 0 Å². The summed E-state index contributed by atoms with van der Waals surface area (Å²) in [5, 5.41) is 2.74. The van der Waals surface area contributed by atoms with Gasteiger partial charge in [-0.05, 0) is 75.1 Å². The van der Waals surface area contributed by atoms with E-state index in [2.05, 4.69) is 171 Å². The molecule has 2 aromatic carbocycles. The van der Waals surface area contributed by atoms with E-state index in [1.165, 1.54) is 49.5 Å². The predicted molar refractivity (Wildman–Crippen MR) is 218 cm³/mol. The Morgan fingerprint density at radius 1 is 0.827 bits per heavy atom. The lowest BCUT2D eigenvalue weighted by Crippen LogP contribution is -2.37. The summed E-state index contributed by atoms with van der Waals surface area (Å²) in [7, 11) is 2.23. The number of benzene rings is 2. The molecule has 7 atom stereocenters. The highest BCUT2D eigenvalue weighted by atomic mass is 15.1. The highest BCUT2D eigenvalue weighted by Crippen LogP contribution is 2.56. The number of dihydropyridines is 1. The molecule has 0 amide bonds. The summed E-state index contributed by atoms with van der Waals surface area (Å²) in [4.78, 5) is 7.30. The van der Waals surface area contributed by atoms with Gasteiger partial charge in [0.15, 0.2) is 0 Å². The van der Waals surface area contributed by atoms with Crippen LogP contribution in [0.2, 0.25) is 0 Å². The largest absolute Gasteiger partial charge is 0.370 e. The van der Waals surface area contributed by atoms with E-state index in [-0.39, 0.29) is 6.04 Å². The predicted octanol–water partition coefficient (Wildman–Crippen LogP) is 9.06. The molecule has 2 heterocycles. The molecule has 6 aliphatic carbocycles. The van der Waals surface area contributed by atoms with Crippen LogP contribution in [0.15, 0.2) is 172 Å². The Morgan fingerprint density at radius 3 is 2.65 bits per heavy atom. The van der Waals surface area contributed by atoms with E-state index in [9.17, 15) is 0 Å². The molecule has 2 aromatic rings. The molecule has 8 aliphatic rings.